The van der Waals surface area contributed by atoms with Crippen LogP contribution in [0.15, 0.2) is 54.6 Å². The molecule has 0 aliphatic rings. The molecule has 0 saturated heterocycles. The summed E-state index contributed by atoms with van der Waals surface area (Å²) in [7, 11) is 0. The van der Waals surface area contributed by atoms with E-state index in [0.29, 0.717) is 30.7 Å². The molecule has 0 atom stereocenters. The summed E-state index contributed by atoms with van der Waals surface area (Å²) in [5.41, 5.74) is 1.01. The first-order valence-electron chi connectivity index (χ1n) is 6.76. The topological polar surface area (TPSA) is 62.1 Å². The number of nitrogens with one attached hydrogen (secondary N) is 1. The van der Waals surface area contributed by atoms with Crippen molar-refractivity contribution in [2.45, 2.75) is 12.8 Å². The monoisotopic (exact) mass is 280 g/mol. The molecule has 0 aromatic heterocycles. The molecule has 0 fully saturated rings. The molecular weight excluding hydrogens is 264 g/mol. The summed E-state index contributed by atoms with van der Waals surface area (Å²) in [6.07, 6.45) is 0.974. The van der Waals surface area contributed by atoms with Crippen molar-refractivity contribution in [2.75, 3.05) is 11.9 Å². The lowest BCUT2D eigenvalue weighted by Gasteiger charge is -2.08. The van der Waals surface area contributed by atoms with Gasteiger partial charge in [-0.15, -0.1) is 0 Å². The summed E-state index contributed by atoms with van der Waals surface area (Å²) < 4.78 is 5.52. The SMILES string of the molecule is N#Cc1ccccc1NC(=O)CCCOc1ccccc1. The fourth-order valence-corrected chi connectivity index (χ4v) is 1.84. The maximum absolute atomic E-state index is 11.8. The molecule has 2 rings (SSSR count). The second-order valence-corrected chi connectivity index (χ2v) is 4.47. The van der Waals surface area contributed by atoms with E-state index in [2.05, 4.69) is 11.4 Å². The lowest BCUT2D eigenvalue weighted by Crippen LogP contribution is -2.13. The number of nitrogens with zero attached hydrogens (tertiary/aromatic N) is 1. The summed E-state index contributed by atoms with van der Waals surface area (Å²) in [6.45, 7) is 0.483. The average Bonchev–Trinajstić information content (AvgIpc) is 2.53. The normalized spacial score (nSPS) is 9.67. The van der Waals surface area contributed by atoms with Gasteiger partial charge in [-0.1, -0.05) is 30.3 Å². The molecule has 0 aliphatic heterocycles. The van der Waals surface area contributed by atoms with Gasteiger partial charge in [-0.25, -0.2) is 0 Å². The van der Waals surface area contributed by atoms with Crippen molar-refractivity contribution in [2.24, 2.45) is 0 Å². The molecule has 106 valence electrons. The predicted octanol–water partition coefficient (Wildman–Crippen LogP) is 3.36. The van der Waals surface area contributed by atoms with Gasteiger partial charge in [-0.05, 0) is 30.7 Å². The third-order valence-electron chi connectivity index (χ3n) is 2.88. The fraction of sp³-hybridized carbons (Fsp3) is 0.176. The highest BCUT2D eigenvalue weighted by molar-refractivity contribution is 5.92. The predicted molar refractivity (Wildman–Crippen MR) is 81.0 cm³/mol. The molecule has 2 aromatic carbocycles. The zero-order chi connectivity index (χ0) is 14.9. The van der Waals surface area contributed by atoms with Gasteiger partial charge in [0.25, 0.3) is 0 Å². The molecular formula is C17H16N2O2. The van der Waals surface area contributed by atoms with Crippen LogP contribution in [0.5, 0.6) is 5.75 Å². The first-order chi connectivity index (χ1) is 10.3. The Kier molecular flexibility index (Phi) is 5.36. The van der Waals surface area contributed by atoms with Crippen LogP contribution >= 0.6 is 0 Å². The number of hydrogen-bond donors (Lipinski definition) is 1. The number of amides is 1. The van der Waals surface area contributed by atoms with Crippen molar-refractivity contribution in [1.29, 1.82) is 5.26 Å². The van der Waals surface area contributed by atoms with Gasteiger partial charge in [0, 0.05) is 6.42 Å². The number of ether oxygens (including phenoxy) is 1. The standard InChI is InChI=1S/C17H16N2O2/c18-13-14-7-4-5-10-16(14)19-17(20)11-6-12-21-15-8-2-1-3-9-15/h1-5,7-10H,6,11-12H2,(H,19,20). The van der Waals surface area contributed by atoms with Gasteiger partial charge >= 0.3 is 0 Å². The van der Waals surface area contributed by atoms with E-state index in [1.165, 1.54) is 0 Å². The molecule has 1 amide bonds. The van der Waals surface area contributed by atoms with Crippen molar-refractivity contribution >= 4 is 11.6 Å². The third-order valence-corrected chi connectivity index (χ3v) is 2.88. The minimum Gasteiger partial charge on any atom is -0.494 e. The van der Waals surface area contributed by atoms with Crippen molar-refractivity contribution in [3.63, 3.8) is 0 Å². The molecule has 0 spiro atoms. The molecule has 0 bridgehead atoms. The molecule has 4 nitrogen and oxygen atoms in total. The van der Waals surface area contributed by atoms with Crippen LogP contribution in [0, 0.1) is 11.3 Å². The minimum absolute atomic E-state index is 0.116. The summed E-state index contributed by atoms with van der Waals surface area (Å²) in [5, 5.41) is 11.7. The van der Waals surface area contributed by atoms with Gasteiger partial charge in [0.05, 0.1) is 17.9 Å². The first-order valence-corrected chi connectivity index (χ1v) is 6.76. The fourth-order valence-electron chi connectivity index (χ4n) is 1.84. The Bertz CT molecular complexity index is 633. The Labute approximate surface area is 124 Å². The van der Waals surface area contributed by atoms with Gasteiger partial charge in [0.1, 0.15) is 11.8 Å². The molecule has 0 heterocycles. The van der Waals surface area contributed by atoms with Crippen LogP contribution in [0.4, 0.5) is 5.69 Å². The number of carbonyl (C=O) groups excluding carboxylic acids is 1. The van der Waals surface area contributed by atoms with Crippen LogP contribution < -0.4 is 10.1 Å². The Morgan fingerprint density at radius 3 is 2.57 bits per heavy atom. The minimum atomic E-state index is -0.116. The van der Waals surface area contributed by atoms with E-state index in [1.54, 1.807) is 24.3 Å². The van der Waals surface area contributed by atoms with Crippen LogP contribution in [-0.4, -0.2) is 12.5 Å². The van der Waals surface area contributed by atoms with Crippen LogP contribution in [-0.2, 0) is 4.79 Å². The van der Waals surface area contributed by atoms with E-state index in [-0.39, 0.29) is 5.91 Å². The van der Waals surface area contributed by atoms with Crippen molar-refractivity contribution in [3.8, 4) is 11.8 Å². The van der Waals surface area contributed by atoms with Gasteiger partial charge < -0.3 is 10.1 Å². The number of benzene rings is 2. The van der Waals surface area contributed by atoms with Crippen LogP contribution in [0.1, 0.15) is 18.4 Å². The van der Waals surface area contributed by atoms with Crippen LogP contribution in [0.25, 0.3) is 0 Å². The zero-order valence-corrected chi connectivity index (χ0v) is 11.6. The van der Waals surface area contributed by atoms with E-state index < -0.39 is 0 Å². The van der Waals surface area contributed by atoms with E-state index >= 15 is 0 Å². The third kappa shape index (κ3) is 4.66. The maximum Gasteiger partial charge on any atom is 0.224 e. The molecule has 0 radical (unpaired) electrons. The van der Waals surface area contributed by atoms with E-state index in [9.17, 15) is 4.79 Å². The Hall–Kier alpha value is -2.80. The molecule has 0 unspecified atom stereocenters. The summed E-state index contributed by atoms with van der Waals surface area (Å²) in [4.78, 5) is 11.8. The van der Waals surface area contributed by atoms with Crippen molar-refractivity contribution in [3.05, 3.63) is 60.2 Å². The second kappa shape index (κ2) is 7.71. The molecule has 2 aromatic rings. The summed E-state index contributed by atoms with van der Waals surface area (Å²) in [5.74, 6) is 0.682. The van der Waals surface area contributed by atoms with Crippen molar-refractivity contribution in [1.82, 2.24) is 0 Å². The molecule has 1 N–H and O–H groups in total. The van der Waals surface area contributed by atoms with Gasteiger partial charge in [0.2, 0.25) is 5.91 Å². The molecule has 0 aliphatic carbocycles. The Morgan fingerprint density at radius 1 is 1.10 bits per heavy atom. The first kappa shape index (κ1) is 14.6. The number of nitriles is 1. The van der Waals surface area contributed by atoms with E-state index in [4.69, 9.17) is 10.00 Å². The Morgan fingerprint density at radius 2 is 1.81 bits per heavy atom. The quantitative estimate of drug-likeness (QED) is 0.825. The van der Waals surface area contributed by atoms with E-state index in [0.717, 1.165) is 5.75 Å². The van der Waals surface area contributed by atoms with Crippen LogP contribution in [0.2, 0.25) is 0 Å². The number of para-hydroxylation sites is 2. The number of hydrogen-bond acceptors (Lipinski definition) is 3. The summed E-state index contributed by atoms with van der Waals surface area (Å²) in [6, 6.07) is 18.5. The number of anilines is 1. The maximum atomic E-state index is 11.8. The number of rotatable bonds is 6. The summed E-state index contributed by atoms with van der Waals surface area (Å²) >= 11 is 0. The van der Waals surface area contributed by atoms with Crippen LogP contribution in [0.3, 0.4) is 0 Å². The molecule has 21 heavy (non-hydrogen) atoms. The highest BCUT2D eigenvalue weighted by Crippen LogP contribution is 2.14. The smallest absolute Gasteiger partial charge is 0.224 e. The zero-order valence-electron chi connectivity index (χ0n) is 11.6. The van der Waals surface area contributed by atoms with Gasteiger partial charge in [-0.2, -0.15) is 5.26 Å². The average molecular weight is 280 g/mol. The molecule has 4 heteroatoms. The van der Waals surface area contributed by atoms with Gasteiger partial charge in [-0.3, -0.25) is 4.79 Å². The van der Waals surface area contributed by atoms with Gasteiger partial charge in [0.15, 0.2) is 0 Å². The largest absolute Gasteiger partial charge is 0.494 e. The Balaban J connectivity index is 1.74. The lowest BCUT2D eigenvalue weighted by atomic mass is 10.2. The lowest BCUT2D eigenvalue weighted by molar-refractivity contribution is -0.116. The molecule has 0 saturated carbocycles. The van der Waals surface area contributed by atoms with Crippen molar-refractivity contribution < 1.29 is 9.53 Å². The second-order valence-electron chi connectivity index (χ2n) is 4.47. The number of carbonyl (C=O) groups is 1. The highest BCUT2D eigenvalue weighted by atomic mass is 16.5. The van der Waals surface area contributed by atoms with E-state index in [1.807, 2.05) is 30.3 Å². The highest BCUT2D eigenvalue weighted by Gasteiger charge is 2.06.